The summed E-state index contributed by atoms with van der Waals surface area (Å²) in [6.07, 6.45) is 0. The molecule has 2 aliphatic heterocycles. The number of rotatable bonds is 0. The van der Waals surface area contributed by atoms with E-state index in [9.17, 15) is 14.9 Å². The van der Waals surface area contributed by atoms with Crippen LogP contribution in [0.15, 0.2) is 64.0 Å². The van der Waals surface area contributed by atoms with Crippen LogP contribution in [-0.4, -0.2) is 11.7 Å². The molecule has 0 bridgehead atoms. The highest BCUT2D eigenvalue weighted by molar-refractivity contribution is 9.10. The zero-order valence-electron chi connectivity index (χ0n) is 13.7. The number of nitrogens with two attached hydrogens (primary N) is 1. The zero-order valence-corrected chi connectivity index (χ0v) is 15.3. The molecule has 1 spiro atoms. The third-order valence-corrected chi connectivity index (χ3v) is 5.66. The minimum atomic E-state index is -1.64. The van der Waals surface area contributed by atoms with Gasteiger partial charge in [0.05, 0.1) is 5.57 Å². The number of Topliss-reactive ketones (excluding diaryl/α,β-unsaturated/α-hetero) is 1. The van der Waals surface area contributed by atoms with E-state index in [0.717, 1.165) is 0 Å². The molecule has 2 aromatic rings. The van der Waals surface area contributed by atoms with E-state index in [1.54, 1.807) is 42.5 Å². The lowest BCUT2D eigenvalue weighted by Gasteiger charge is -2.32. The summed E-state index contributed by atoms with van der Waals surface area (Å²) in [4.78, 5) is 26.6. The molecule has 3 aliphatic rings. The number of fused-ring (bicyclic) bond motifs is 5. The lowest BCUT2D eigenvalue weighted by molar-refractivity contribution is -0.118. The lowest BCUT2D eigenvalue weighted by Crippen LogP contribution is -2.44. The number of nitriles is 1. The molecule has 0 saturated carbocycles. The van der Waals surface area contributed by atoms with Gasteiger partial charge in [0.1, 0.15) is 22.8 Å². The van der Waals surface area contributed by atoms with Gasteiger partial charge in [-0.25, -0.2) is 0 Å². The minimum Gasteiger partial charge on any atom is -0.439 e. The van der Waals surface area contributed by atoms with Crippen LogP contribution >= 0.6 is 15.9 Å². The highest BCUT2D eigenvalue weighted by atomic mass is 79.9. The first kappa shape index (κ1) is 15.9. The monoisotopic (exact) mass is 419 g/mol. The van der Waals surface area contributed by atoms with Gasteiger partial charge >= 0.3 is 0 Å². The Bertz CT molecular complexity index is 1210. The molecule has 2 aromatic carbocycles. The number of benzene rings is 2. The largest absolute Gasteiger partial charge is 0.439 e. The molecule has 0 aromatic heterocycles. The van der Waals surface area contributed by atoms with Crippen molar-refractivity contribution >= 4 is 39.1 Å². The Morgan fingerprint density at radius 3 is 2.63 bits per heavy atom. The molecule has 1 atom stereocenters. The van der Waals surface area contributed by atoms with Gasteiger partial charge in [-0.2, -0.15) is 5.26 Å². The molecule has 0 saturated heterocycles. The maximum absolute atomic E-state index is 13.3. The highest BCUT2D eigenvalue weighted by Gasteiger charge is 2.61. The maximum atomic E-state index is 13.3. The number of anilines is 1. The lowest BCUT2D eigenvalue weighted by atomic mass is 9.67. The molecule has 6 nitrogen and oxygen atoms in total. The van der Waals surface area contributed by atoms with E-state index in [1.807, 2.05) is 6.07 Å². The summed E-state index contributed by atoms with van der Waals surface area (Å²) in [5.74, 6) is -0.783. The number of halogens is 1. The van der Waals surface area contributed by atoms with Crippen LogP contribution < -0.4 is 11.1 Å². The van der Waals surface area contributed by atoms with Crippen molar-refractivity contribution in [3.8, 4) is 6.07 Å². The Morgan fingerprint density at radius 1 is 1.15 bits per heavy atom. The van der Waals surface area contributed by atoms with E-state index in [4.69, 9.17) is 10.5 Å². The number of carbonyl (C=O) groups excluding carboxylic acids is 2. The Kier molecular flexibility index (Phi) is 2.99. The Hall–Kier alpha value is -3.37. The van der Waals surface area contributed by atoms with Crippen LogP contribution in [-0.2, 0) is 14.9 Å². The molecule has 5 rings (SSSR count). The van der Waals surface area contributed by atoms with E-state index in [1.165, 1.54) is 0 Å². The molecule has 1 unspecified atom stereocenters. The first-order chi connectivity index (χ1) is 13.0. The van der Waals surface area contributed by atoms with Crippen LogP contribution in [0.4, 0.5) is 5.69 Å². The summed E-state index contributed by atoms with van der Waals surface area (Å²) < 4.78 is 6.41. The average Bonchev–Trinajstić information content (AvgIpc) is 3.09. The number of ketones is 1. The second-order valence-corrected chi connectivity index (χ2v) is 7.34. The predicted octanol–water partition coefficient (Wildman–Crippen LogP) is 2.97. The van der Waals surface area contributed by atoms with Crippen molar-refractivity contribution in [2.45, 2.75) is 5.41 Å². The van der Waals surface area contributed by atoms with E-state index in [0.29, 0.717) is 26.9 Å². The number of hydrogen-bond acceptors (Lipinski definition) is 5. The summed E-state index contributed by atoms with van der Waals surface area (Å²) in [5, 5.41) is 12.6. The smallest absolute Gasteiger partial charge is 0.245 e. The third-order valence-electron chi connectivity index (χ3n) is 5.17. The first-order valence-electron chi connectivity index (χ1n) is 8.08. The van der Waals surface area contributed by atoms with Gasteiger partial charge in [0.2, 0.25) is 11.8 Å². The molecule has 130 valence electrons. The predicted molar refractivity (Wildman–Crippen MR) is 100 cm³/mol. The standard InChI is InChI=1S/C20H10BrN3O3/c21-9-5-6-14-12(7-9)20(19(26)24-14)13(8-22)18(23)27-17-11-4-2-1-3-10(11)16(25)15(17)20/h1-7H,23H2,(H,24,26). The first-order valence-corrected chi connectivity index (χ1v) is 8.88. The van der Waals surface area contributed by atoms with Crippen molar-refractivity contribution in [2.75, 3.05) is 5.32 Å². The van der Waals surface area contributed by atoms with Crippen LogP contribution in [0, 0.1) is 11.3 Å². The van der Waals surface area contributed by atoms with E-state index >= 15 is 0 Å². The van der Waals surface area contributed by atoms with Crippen molar-refractivity contribution in [1.29, 1.82) is 5.26 Å². The molecule has 0 radical (unpaired) electrons. The number of ether oxygens (including phenoxy) is 1. The number of amides is 1. The van der Waals surface area contributed by atoms with Gasteiger partial charge in [-0.3, -0.25) is 9.59 Å². The van der Waals surface area contributed by atoms with Crippen LogP contribution in [0.3, 0.4) is 0 Å². The van der Waals surface area contributed by atoms with Crippen molar-refractivity contribution in [3.63, 3.8) is 0 Å². The van der Waals surface area contributed by atoms with Gasteiger partial charge in [0, 0.05) is 26.9 Å². The van der Waals surface area contributed by atoms with Crippen molar-refractivity contribution in [2.24, 2.45) is 5.73 Å². The number of carbonyl (C=O) groups is 2. The van der Waals surface area contributed by atoms with Gasteiger partial charge in [-0.15, -0.1) is 0 Å². The molecule has 1 aliphatic carbocycles. The molecular weight excluding hydrogens is 410 g/mol. The fourth-order valence-corrected chi connectivity index (χ4v) is 4.44. The molecule has 0 fully saturated rings. The van der Waals surface area contributed by atoms with Crippen molar-refractivity contribution in [1.82, 2.24) is 0 Å². The summed E-state index contributed by atoms with van der Waals surface area (Å²) in [6.45, 7) is 0. The summed E-state index contributed by atoms with van der Waals surface area (Å²) in [6, 6.07) is 14.2. The SMILES string of the molecule is N#CC1=C(N)OC2=C(C(=O)c3ccccc32)C12C(=O)Nc1ccc(Br)cc12. The summed E-state index contributed by atoms with van der Waals surface area (Å²) in [5.41, 5.74) is 6.47. The zero-order chi connectivity index (χ0) is 18.9. The van der Waals surface area contributed by atoms with E-state index < -0.39 is 11.3 Å². The van der Waals surface area contributed by atoms with Crippen LogP contribution in [0.5, 0.6) is 0 Å². The molecule has 3 N–H and O–H groups in total. The van der Waals surface area contributed by atoms with Gasteiger partial charge in [0.15, 0.2) is 5.78 Å². The van der Waals surface area contributed by atoms with Crippen LogP contribution in [0.2, 0.25) is 0 Å². The number of hydrogen-bond donors (Lipinski definition) is 2. The third kappa shape index (κ3) is 1.73. The fraction of sp³-hybridized carbons (Fsp3) is 0.0500. The Balaban J connectivity index is 1.93. The fourth-order valence-electron chi connectivity index (χ4n) is 4.08. The Labute approximate surface area is 162 Å². The van der Waals surface area contributed by atoms with Crippen LogP contribution in [0.25, 0.3) is 5.76 Å². The van der Waals surface area contributed by atoms with E-state index in [2.05, 4.69) is 21.2 Å². The van der Waals surface area contributed by atoms with E-state index in [-0.39, 0.29) is 28.6 Å². The summed E-state index contributed by atoms with van der Waals surface area (Å²) in [7, 11) is 0. The second kappa shape index (κ2) is 5.09. The second-order valence-electron chi connectivity index (χ2n) is 6.43. The normalized spacial score (nSPS) is 22.2. The minimum absolute atomic E-state index is 0.0863. The quantitative estimate of drug-likeness (QED) is 0.682. The number of nitrogens with one attached hydrogen (secondary N) is 1. The molecule has 27 heavy (non-hydrogen) atoms. The highest BCUT2D eigenvalue weighted by Crippen LogP contribution is 2.56. The molecular formula is C20H10BrN3O3. The van der Waals surface area contributed by atoms with Crippen molar-refractivity contribution in [3.05, 3.63) is 80.7 Å². The maximum Gasteiger partial charge on any atom is 0.245 e. The van der Waals surface area contributed by atoms with Crippen LogP contribution in [0.1, 0.15) is 21.5 Å². The molecule has 7 heteroatoms. The Morgan fingerprint density at radius 2 is 1.89 bits per heavy atom. The van der Waals surface area contributed by atoms with Crippen molar-refractivity contribution < 1.29 is 14.3 Å². The van der Waals surface area contributed by atoms with Gasteiger partial charge < -0.3 is 15.8 Å². The topological polar surface area (TPSA) is 105 Å². The average molecular weight is 420 g/mol. The number of nitrogens with zero attached hydrogens (tertiary/aromatic N) is 1. The van der Waals surface area contributed by atoms with Gasteiger partial charge in [-0.1, -0.05) is 40.2 Å². The molecule has 2 heterocycles. The van der Waals surface area contributed by atoms with Gasteiger partial charge in [-0.05, 0) is 18.2 Å². The molecule has 1 amide bonds. The summed E-state index contributed by atoms with van der Waals surface area (Å²) >= 11 is 3.41. The van der Waals surface area contributed by atoms with Gasteiger partial charge in [0.25, 0.3) is 0 Å².